The van der Waals surface area contributed by atoms with E-state index in [1.165, 1.54) is 0 Å². The summed E-state index contributed by atoms with van der Waals surface area (Å²) in [6, 6.07) is 0. The van der Waals surface area contributed by atoms with Crippen LogP contribution in [0.5, 0.6) is 0 Å². The molecule has 0 aromatic heterocycles. The molecule has 0 aromatic rings. The second-order valence-corrected chi connectivity index (χ2v) is 3.31. The molecule has 0 saturated heterocycles. The third-order valence-electron chi connectivity index (χ3n) is 2.21. The highest BCUT2D eigenvalue weighted by Crippen LogP contribution is 2.30. The van der Waals surface area contributed by atoms with Gasteiger partial charge in [-0.2, -0.15) is 0 Å². The number of hydrogen-bond donors (Lipinski definition) is 4. The highest BCUT2D eigenvalue weighted by Gasteiger charge is 2.38. The van der Waals surface area contributed by atoms with Crippen LogP contribution in [0, 0.1) is 5.41 Å². The predicted molar refractivity (Wildman–Crippen MR) is 51.2 cm³/mol. The summed E-state index contributed by atoms with van der Waals surface area (Å²) in [5, 5.41) is 9.02. The molecule has 0 aliphatic rings. The van der Waals surface area contributed by atoms with E-state index in [1.54, 1.807) is 0 Å². The zero-order chi connectivity index (χ0) is 11.2. The van der Waals surface area contributed by atoms with Crippen molar-refractivity contribution in [2.45, 2.75) is 19.3 Å². The number of carboxylic acids is 1. The lowest BCUT2D eigenvalue weighted by Crippen LogP contribution is -2.39. The number of carbonyl (C=O) groups excluding carboxylic acids is 1. The number of hydrogen-bond acceptors (Lipinski definition) is 4. The quantitative estimate of drug-likeness (QED) is 0.405. The second kappa shape index (κ2) is 5.56. The Labute approximate surface area is 82.4 Å². The number of primary amides is 1. The molecule has 0 aliphatic heterocycles. The molecule has 0 atom stereocenters. The van der Waals surface area contributed by atoms with Gasteiger partial charge in [0.15, 0.2) is 0 Å². The second-order valence-electron chi connectivity index (χ2n) is 3.31. The molecule has 0 heterocycles. The van der Waals surface area contributed by atoms with E-state index in [9.17, 15) is 9.59 Å². The first kappa shape index (κ1) is 12.9. The molecular weight excluding hydrogens is 186 g/mol. The van der Waals surface area contributed by atoms with Crippen LogP contribution in [0.4, 0.5) is 0 Å². The molecular formula is C8H17N3O3. The lowest BCUT2D eigenvalue weighted by molar-refractivity contribution is -0.152. The Hall–Kier alpha value is -1.14. The van der Waals surface area contributed by atoms with Crippen molar-refractivity contribution in [2.24, 2.45) is 22.6 Å². The van der Waals surface area contributed by atoms with Crippen LogP contribution in [-0.4, -0.2) is 30.1 Å². The number of nitrogens with two attached hydrogens (primary N) is 3. The number of amides is 1. The van der Waals surface area contributed by atoms with Crippen molar-refractivity contribution in [3.05, 3.63) is 0 Å². The van der Waals surface area contributed by atoms with Crippen LogP contribution >= 0.6 is 0 Å². The van der Waals surface area contributed by atoms with Crippen molar-refractivity contribution >= 4 is 11.9 Å². The van der Waals surface area contributed by atoms with Gasteiger partial charge in [-0.3, -0.25) is 9.59 Å². The number of carboxylic acid groups (broad SMARTS) is 1. The van der Waals surface area contributed by atoms with Crippen LogP contribution in [0.1, 0.15) is 19.3 Å². The molecule has 7 N–H and O–H groups in total. The molecule has 0 radical (unpaired) electrons. The smallest absolute Gasteiger partial charge is 0.310 e. The summed E-state index contributed by atoms with van der Waals surface area (Å²) in [4.78, 5) is 21.8. The first-order chi connectivity index (χ1) is 6.48. The van der Waals surface area contributed by atoms with Crippen LogP contribution < -0.4 is 17.2 Å². The lowest BCUT2D eigenvalue weighted by atomic mass is 9.78. The lowest BCUT2D eigenvalue weighted by Gasteiger charge is -2.26. The summed E-state index contributed by atoms with van der Waals surface area (Å²) >= 11 is 0. The van der Waals surface area contributed by atoms with Gasteiger partial charge in [0.05, 0.1) is 5.41 Å². The van der Waals surface area contributed by atoms with Gasteiger partial charge < -0.3 is 22.3 Å². The standard InChI is InChI=1S/C8H17N3O3/c9-3-1-8(2-4-10,7(13)14)5-6(11)12/h1-5,9-10H2,(H2,11,12)(H,13,14). The van der Waals surface area contributed by atoms with Crippen molar-refractivity contribution in [1.29, 1.82) is 0 Å². The molecule has 0 bridgehead atoms. The van der Waals surface area contributed by atoms with Crippen LogP contribution in [-0.2, 0) is 9.59 Å². The minimum atomic E-state index is -1.19. The van der Waals surface area contributed by atoms with Gasteiger partial charge >= 0.3 is 5.97 Å². The van der Waals surface area contributed by atoms with Crippen LogP contribution in [0.25, 0.3) is 0 Å². The molecule has 0 aromatic carbocycles. The Balaban J connectivity index is 4.73. The first-order valence-electron chi connectivity index (χ1n) is 4.40. The van der Waals surface area contributed by atoms with Gasteiger partial charge in [-0.25, -0.2) is 0 Å². The van der Waals surface area contributed by atoms with Gasteiger partial charge in [0.1, 0.15) is 0 Å². The van der Waals surface area contributed by atoms with Crippen molar-refractivity contribution in [3.63, 3.8) is 0 Å². The fourth-order valence-electron chi connectivity index (χ4n) is 1.48. The van der Waals surface area contributed by atoms with Crippen molar-refractivity contribution in [3.8, 4) is 0 Å². The van der Waals surface area contributed by atoms with Gasteiger partial charge in [0.25, 0.3) is 0 Å². The number of carbonyl (C=O) groups is 2. The summed E-state index contributed by atoms with van der Waals surface area (Å²) in [6.07, 6.45) is 0.210. The maximum absolute atomic E-state index is 11.0. The monoisotopic (exact) mass is 203 g/mol. The predicted octanol–water partition coefficient (Wildman–Crippen LogP) is -1.37. The van der Waals surface area contributed by atoms with E-state index in [2.05, 4.69) is 0 Å². The van der Waals surface area contributed by atoms with E-state index in [1.807, 2.05) is 0 Å². The highest BCUT2D eigenvalue weighted by atomic mass is 16.4. The molecule has 0 saturated carbocycles. The van der Waals surface area contributed by atoms with Gasteiger partial charge in [-0.1, -0.05) is 0 Å². The Morgan fingerprint density at radius 2 is 1.57 bits per heavy atom. The van der Waals surface area contributed by atoms with Gasteiger partial charge in [0.2, 0.25) is 5.91 Å². The van der Waals surface area contributed by atoms with Crippen LogP contribution in [0.15, 0.2) is 0 Å². The van der Waals surface area contributed by atoms with Gasteiger partial charge in [0, 0.05) is 6.42 Å². The molecule has 0 aliphatic carbocycles. The topological polar surface area (TPSA) is 132 Å². The summed E-state index contributed by atoms with van der Waals surface area (Å²) in [5.41, 5.74) is 14.4. The summed E-state index contributed by atoms with van der Waals surface area (Å²) in [7, 11) is 0. The fraction of sp³-hybridized carbons (Fsp3) is 0.750. The van der Waals surface area contributed by atoms with Crippen LogP contribution in [0.3, 0.4) is 0 Å². The number of rotatable bonds is 7. The highest BCUT2D eigenvalue weighted by molar-refractivity contribution is 5.84. The molecule has 6 nitrogen and oxygen atoms in total. The Morgan fingerprint density at radius 1 is 1.14 bits per heavy atom. The molecule has 0 spiro atoms. The molecule has 0 fully saturated rings. The van der Waals surface area contributed by atoms with Crippen LogP contribution in [0.2, 0.25) is 0 Å². The van der Waals surface area contributed by atoms with E-state index in [0.717, 1.165) is 0 Å². The summed E-state index contributed by atoms with van der Waals surface area (Å²) < 4.78 is 0. The maximum Gasteiger partial charge on any atom is 0.310 e. The van der Waals surface area contributed by atoms with Crippen molar-refractivity contribution < 1.29 is 14.7 Å². The van der Waals surface area contributed by atoms with Gasteiger partial charge in [-0.15, -0.1) is 0 Å². The van der Waals surface area contributed by atoms with E-state index < -0.39 is 17.3 Å². The van der Waals surface area contributed by atoms with E-state index in [0.29, 0.717) is 0 Å². The summed E-state index contributed by atoms with van der Waals surface area (Å²) in [5.74, 6) is -1.71. The largest absolute Gasteiger partial charge is 0.481 e. The Morgan fingerprint density at radius 3 is 1.79 bits per heavy atom. The molecule has 0 rings (SSSR count). The van der Waals surface area contributed by atoms with Crippen molar-refractivity contribution in [2.75, 3.05) is 13.1 Å². The molecule has 14 heavy (non-hydrogen) atoms. The number of aliphatic carboxylic acids is 1. The third kappa shape index (κ3) is 3.31. The normalized spacial score (nSPS) is 11.3. The van der Waals surface area contributed by atoms with E-state index in [-0.39, 0.29) is 32.4 Å². The average Bonchev–Trinajstić information content (AvgIpc) is 2.03. The Kier molecular flexibility index (Phi) is 5.11. The SMILES string of the molecule is NCCC(CCN)(CC(N)=O)C(=O)O. The fourth-order valence-corrected chi connectivity index (χ4v) is 1.48. The van der Waals surface area contributed by atoms with Gasteiger partial charge in [-0.05, 0) is 25.9 Å². The minimum absolute atomic E-state index is 0.194. The minimum Gasteiger partial charge on any atom is -0.481 e. The zero-order valence-electron chi connectivity index (χ0n) is 8.03. The third-order valence-corrected chi connectivity index (χ3v) is 2.21. The summed E-state index contributed by atoms with van der Waals surface area (Å²) in [6.45, 7) is 0.388. The molecule has 1 amide bonds. The Bertz CT molecular complexity index is 212. The molecule has 0 unspecified atom stereocenters. The average molecular weight is 203 g/mol. The molecule has 6 heteroatoms. The molecule has 82 valence electrons. The van der Waals surface area contributed by atoms with Crippen molar-refractivity contribution in [1.82, 2.24) is 0 Å². The van der Waals surface area contributed by atoms with E-state index >= 15 is 0 Å². The maximum atomic E-state index is 11.0. The zero-order valence-corrected chi connectivity index (χ0v) is 8.03. The van der Waals surface area contributed by atoms with E-state index in [4.69, 9.17) is 22.3 Å². The first-order valence-corrected chi connectivity index (χ1v) is 4.40.